The summed E-state index contributed by atoms with van der Waals surface area (Å²) in [6.45, 7) is 10.8. The molecule has 1 aromatic carbocycles. The molecule has 3 atom stereocenters. The van der Waals surface area contributed by atoms with E-state index in [9.17, 15) is 0 Å². The van der Waals surface area contributed by atoms with E-state index >= 15 is 0 Å². The lowest BCUT2D eigenvalue weighted by molar-refractivity contribution is 0.0899. The molecule has 1 unspecified atom stereocenters. The first-order chi connectivity index (χ1) is 18.7. The van der Waals surface area contributed by atoms with Gasteiger partial charge in [0.2, 0.25) is 0 Å². The molecule has 3 aromatic heterocycles. The van der Waals surface area contributed by atoms with Gasteiger partial charge in [0.05, 0.1) is 22.8 Å². The number of ether oxygens (including phenoxy) is 1. The minimum atomic E-state index is -1.19. The number of fused-ring (bicyclic) bond motifs is 4. The molecule has 0 N–H and O–H groups in total. The standard InChI is InChI=1S/C29H36ClN7OSi/c1-19-13-20-5-6-21(14-19)37(20)26-15-32-28-23(16-35(29(28)33-26)18-38-11-12-39(2,3)4)22-7-8-25-24(27(22)30)17-36(34-25)10-9-31/h7-8,15-17,19-21H,5-6,10-14,18H2,1-4H3/t19?,20-,21+. The van der Waals surface area contributed by atoms with Gasteiger partial charge in [-0.1, -0.05) is 44.2 Å². The van der Waals surface area contributed by atoms with Crippen molar-refractivity contribution in [3.63, 3.8) is 0 Å². The number of nitriles is 1. The molecule has 39 heavy (non-hydrogen) atoms. The Labute approximate surface area is 235 Å². The van der Waals surface area contributed by atoms with Gasteiger partial charge in [-0.3, -0.25) is 4.68 Å². The predicted molar refractivity (Wildman–Crippen MR) is 159 cm³/mol. The number of nitrogens with zero attached hydrogens (tertiary/aromatic N) is 7. The Bertz CT molecular complexity index is 1550. The largest absolute Gasteiger partial charge is 0.361 e. The zero-order valence-electron chi connectivity index (χ0n) is 23.2. The zero-order valence-corrected chi connectivity index (χ0v) is 24.9. The molecule has 10 heteroatoms. The van der Waals surface area contributed by atoms with E-state index in [1.807, 2.05) is 24.5 Å². The van der Waals surface area contributed by atoms with Gasteiger partial charge in [-0.2, -0.15) is 10.4 Å². The molecule has 4 aromatic rings. The van der Waals surface area contributed by atoms with Gasteiger partial charge < -0.3 is 14.2 Å². The van der Waals surface area contributed by atoms with Crippen LogP contribution in [0.4, 0.5) is 5.82 Å². The van der Waals surface area contributed by atoms with Crippen molar-refractivity contribution in [1.82, 2.24) is 24.3 Å². The molecule has 2 fully saturated rings. The van der Waals surface area contributed by atoms with E-state index in [2.05, 4.69) is 53.4 Å². The maximum Gasteiger partial charge on any atom is 0.163 e. The van der Waals surface area contributed by atoms with Gasteiger partial charge in [0.25, 0.3) is 0 Å². The fourth-order valence-corrected chi connectivity index (χ4v) is 7.36. The van der Waals surface area contributed by atoms with Gasteiger partial charge in [0, 0.05) is 55.7 Å². The van der Waals surface area contributed by atoms with Gasteiger partial charge in [0.15, 0.2) is 5.65 Å². The highest BCUT2D eigenvalue weighted by Gasteiger charge is 2.40. The van der Waals surface area contributed by atoms with Crippen molar-refractivity contribution in [2.24, 2.45) is 5.92 Å². The number of benzene rings is 1. The first-order valence-electron chi connectivity index (χ1n) is 14.0. The van der Waals surface area contributed by atoms with E-state index in [1.54, 1.807) is 4.68 Å². The lowest BCUT2D eigenvalue weighted by Gasteiger charge is -2.38. The van der Waals surface area contributed by atoms with Crippen LogP contribution in [0.1, 0.15) is 32.6 Å². The van der Waals surface area contributed by atoms with Crippen LogP contribution in [0.2, 0.25) is 30.7 Å². The first kappa shape index (κ1) is 26.3. The lowest BCUT2D eigenvalue weighted by Crippen LogP contribution is -2.43. The molecular formula is C29H36ClN7OSi. The highest BCUT2D eigenvalue weighted by molar-refractivity contribution is 6.76. The van der Waals surface area contributed by atoms with Gasteiger partial charge in [-0.25, -0.2) is 9.97 Å². The minimum absolute atomic E-state index is 0.180. The number of rotatable bonds is 8. The van der Waals surface area contributed by atoms with E-state index in [0.29, 0.717) is 23.8 Å². The van der Waals surface area contributed by atoms with Crippen LogP contribution in [-0.2, 0) is 18.0 Å². The van der Waals surface area contributed by atoms with E-state index in [-0.39, 0.29) is 6.54 Å². The molecule has 2 saturated heterocycles. The lowest BCUT2D eigenvalue weighted by atomic mass is 9.92. The zero-order chi connectivity index (χ0) is 27.3. The summed E-state index contributed by atoms with van der Waals surface area (Å²) in [5.41, 5.74) is 4.20. The summed E-state index contributed by atoms with van der Waals surface area (Å²) in [6, 6.07) is 8.28. The monoisotopic (exact) mass is 561 g/mol. The van der Waals surface area contributed by atoms with Crippen molar-refractivity contribution in [3.8, 4) is 17.2 Å². The molecule has 5 heterocycles. The van der Waals surface area contributed by atoms with Gasteiger partial charge >= 0.3 is 0 Å². The number of aromatic nitrogens is 5. The van der Waals surface area contributed by atoms with E-state index < -0.39 is 8.07 Å². The topological polar surface area (TPSA) is 84.8 Å². The summed E-state index contributed by atoms with van der Waals surface area (Å²) in [5.74, 6) is 1.73. The summed E-state index contributed by atoms with van der Waals surface area (Å²) in [4.78, 5) is 12.7. The average molecular weight is 562 g/mol. The second kappa shape index (κ2) is 10.2. The summed E-state index contributed by atoms with van der Waals surface area (Å²) in [7, 11) is -1.19. The molecule has 2 bridgehead atoms. The molecule has 204 valence electrons. The molecule has 0 aliphatic carbocycles. The fourth-order valence-electron chi connectivity index (χ4n) is 6.29. The van der Waals surface area contributed by atoms with E-state index in [4.69, 9.17) is 31.6 Å². The molecule has 0 amide bonds. The molecule has 2 aliphatic rings. The van der Waals surface area contributed by atoms with Crippen LogP contribution < -0.4 is 4.90 Å². The van der Waals surface area contributed by atoms with Gasteiger partial charge in [-0.15, -0.1) is 0 Å². The Kier molecular flexibility index (Phi) is 6.90. The minimum Gasteiger partial charge on any atom is -0.361 e. The Morgan fingerprint density at radius 3 is 2.62 bits per heavy atom. The molecule has 0 radical (unpaired) electrons. The Hall–Kier alpha value is -2.93. The Morgan fingerprint density at radius 2 is 1.90 bits per heavy atom. The Balaban J connectivity index is 1.41. The van der Waals surface area contributed by atoms with E-state index in [1.165, 1.54) is 25.7 Å². The number of hydrogen-bond donors (Lipinski definition) is 0. The smallest absolute Gasteiger partial charge is 0.163 e. The van der Waals surface area contributed by atoms with Gasteiger partial charge in [0.1, 0.15) is 24.6 Å². The molecular weight excluding hydrogens is 526 g/mol. The van der Waals surface area contributed by atoms with Crippen molar-refractivity contribution in [2.45, 2.75) is 83.7 Å². The maximum atomic E-state index is 9.09. The summed E-state index contributed by atoms with van der Waals surface area (Å²) < 4.78 is 9.88. The van der Waals surface area contributed by atoms with Crippen LogP contribution in [0.15, 0.2) is 30.7 Å². The molecule has 0 spiro atoms. The van der Waals surface area contributed by atoms with Crippen molar-refractivity contribution in [3.05, 3.63) is 35.7 Å². The Morgan fingerprint density at radius 1 is 1.13 bits per heavy atom. The number of halogens is 1. The van der Waals surface area contributed by atoms with Crippen LogP contribution in [0.25, 0.3) is 33.2 Å². The third kappa shape index (κ3) is 5.06. The number of hydrogen-bond acceptors (Lipinski definition) is 6. The maximum absolute atomic E-state index is 9.09. The second-order valence-electron chi connectivity index (χ2n) is 12.5. The molecule has 6 rings (SSSR count). The van der Waals surface area contributed by atoms with Crippen molar-refractivity contribution in [1.29, 1.82) is 5.26 Å². The average Bonchev–Trinajstić information content (AvgIpc) is 3.54. The third-order valence-electron chi connectivity index (χ3n) is 8.21. The van der Waals surface area contributed by atoms with Crippen LogP contribution in [0.5, 0.6) is 0 Å². The fraction of sp³-hybridized carbons (Fsp3) is 0.517. The van der Waals surface area contributed by atoms with Crippen LogP contribution >= 0.6 is 11.6 Å². The van der Waals surface area contributed by atoms with Gasteiger partial charge in [-0.05, 0) is 43.7 Å². The summed E-state index contributed by atoms with van der Waals surface area (Å²) in [5, 5.41) is 15.0. The number of piperidine rings is 1. The first-order valence-corrected chi connectivity index (χ1v) is 18.1. The van der Waals surface area contributed by atoms with Crippen molar-refractivity contribution >= 4 is 47.6 Å². The SMILES string of the molecule is CC1C[C@H]2CC[C@@H](C1)N2c1cnc2c(-c3ccc4nn(CC#N)cc4c3Cl)cn(COCC[Si](C)(C)C)c2n1. The summed E-state index contributed by atoms with van der Waals surface area (Å²) in [6.07, 6.45) is 10.8. The number of anilines is 1. The highest BCUT2D eigenvalue weighted by Crippen LogP contribution is 2.42. The molecule has 8 nitrogen and oxygen atoms in total. The quantitative estimate of drug-likeness (QED) is 0.176. The highest BCUT2D eigenvalue weighted by atomic mass is 35.5. The second-order valence-corrected chi connectivity index (χ2v) is 18.5. The van der Waals surface area contributed by atoms with E-state index in [0.717, 1.165) is 57.6 Å². The molecule has 2 aliphatic heterocycles. The summed E-state index contributed by atoms with van der Waals surface area (Å²) >= 11 is 6.96. The molecule has 0 saturated carbocycles. The van der Waals surface area contributed by atoms with Crippen LogP contribution in [0, 0.1) is 17.2 Å². The predicted octanol–water partition coefficient (Wildman–Crippen LogP) is 6.70. The normalized spacial score (nSPS) is 21.2. The van der Waals surface area contributed by atoms with Crippen LogP contribution in [0.3, 0.4) is 0 Å². The van der Waals surface area contributed by atoms with Crippen LogP contribution in [-0.4, -0.2) is 51.1 Å². The van der Waals surface area contributed by atoms with Crippen molar-refractivity contribution < 1.29 is 4.74 Å². The van der Waals surface area contributed by atoms with Crippen molar-refractivity contribution in [2.75, 3.05) is 11.5 Å². The third-order valence-corrected chi connectivity index (χ3v) is 10.3.